The van der Waals surface area contributed by atoms with Crippen LogP contribution in [0, 0.1) is 6.92 Å². The second-order valence-corrected chi connectivity index (χ2v) is 8.41. The zero-order valence-electron chi connectivity index (χ0n) is 18.4. The number of anilines is 1. The van der Waals surface area contributed by atoms with Crippen LogP contribution in [0.1, 0.15) is 30.0 Å². The Morgan fingerprint density at radius 1 is 1.09 bits per heavy atom. The highest BCUT2D eigenvalue weighted by molar-refractivity contribution is 6.31. The van der Waals surface area contributed by atoms with Gasteiger partial charge in [0, 0.05) is 17.3 Å². The molecule has 0 saturated carbocycles. The maximum atomic E-state index is 12.6. The van der Waals surface area contributed by atoms with Crippen molar-refractivity contribution in [1.82, 2.24) is 19.4 Å². The van der Waals surface area contributed by atoms with Crippen LogP contribution < -0.4 is 5.32 Å². The van der Waals surface area contributed by atoms with Crippen molar-refractivity contribution < 1.29 is 4.79 Å². The molecule has 0 saturated heterocycles. The van der Waals surface area contributed by atoms with E-state index in [9.17, 15) is 4.79 Å². The number of hydrogen-bond donors (Lipinski definition) is 1. The van der Waals surface area contributed by atoms with Gasteiger partial charge in [-0.3, -0.25) is 9.69 Å². The minimum absolute atomic E-state index is 0.0962. The van der Waals surface area contributed by atoms with Gasteiger partial charge >= 0.3 is 0 Å². The van der Waals surface area contributed by atoms with E-state index in [2.05, 4.69) is 33.9 Å². The smallest absolute Gasteiger partial charge is 0.239 e. The van der Waals surface area contributed by atoms with E-state index in [1.54, 1.807) is 6.07 Å². The minimum atomic E-state index is -0.119. The van der Waals surface area contributed by atoms with E-state index in [1.807, 2.05) is 67.4 Å². The van der Waals surface area contributed by atoms with E-state index in [4.69, 9.17) is 16.6 Å². The van der Waals surface area contributed by atoms with Gasteiger partial charge in [-0.2, -0.15) is 0 Å². The number of carbonyl (C=O) groups is 1. The second kappa shape index (κ2) is 9.51. The number of nitrogens with one attached hydrogen (secondary N) is 1. The first-order valence-corrected chi connectivity index (χ1v) is 10.9. The molecule has 1 atom stereocenters. The Labute approximate surface area is 192 Å². The summed E-state index contributed by atoms with van der Waals surface area (Å²) < 4.78 is 2.20. The lowest BCUT2D eigenvalue weighted by atomic mass is 10.2. The van der Waals surface area contributed by atoms with Gasteiger partial charge in [-0.05, 0) is 56.8 Å². The van der Waals surface area contributed by atoms with Gasteiger partial charge in [-0.25, -0.2) is 9.97 Å². The predicted molar refractivity (Wildman–Crippen MR) is 129 cm³/mol. The first-order valence-electron chi connectivity index (χ1n) is 10.5. The molecule has 7 heteroatoms. The van der Waals surface area contributed by atoms with Crippen molar-refractivity contribution >= 4 is 34.4 Å². The Balaban J connectivity index is 1.58. The third-order valence-electron chi connectivity index (χ3n) is 5.51. The largest absolute Gasteiger partial charge is 0.322 e. The number of nitrogens with zero attached hydrogens (tertiary/aromatic N) is 4. The number of fused-ring (bicyclic) bond motifs is 1. The monoisotopic (exact) mass is 447 g/mol. The quantitative estimate of drug-likeness (QED) is 0.429. The molecule has 2 aromatic carbocycles. The van der Waals surface area contributed by atoms with Gasteiger partial charge in [-0.1, -0.05) is 48.0 Å². The number of hydrogen-bond acceptors (Lipinski definition) is 4. The van der Waals surface area contributed by atoms with Crippen LogP contribution in [0.3, 0.4) is 0 Å². The Morgan fingerprint density at radius 3 is 2.62 bits per heavy atom. The minimum Gasteiger partial charge on any atom is -0.322 e. The maximum absolute atomic E-state index is 12.6. The Hall–Kier alpha value is -3.22. The van der Waals surface area contributed by atoms with E-state index in [-0.39, 0.29) is 18.5 Å². The van der Waals surface area contributed by atoms with Gasteiger partial charge in [0.05, 0.1) is 23.6 Å². The molecule has 1 amide bonds. The number of aryl methyl sites for hydroxylation is 1. The molecule has 32 heavy (non-hydrogen) atoms. The van der Waals surface area contributed by atoms with Crippen LogP contribution >= 0.6 is 11.6 Å². The van der Waals surface area contributed by atoms with Crippen molar-refractivity contribution in [3.63, 3.8) is 0 Å². The SMILES string of the molecule is Cc1cccc(NC(=O)CN(C)C(C)c2nc3cc(Cl)ccc3n2Cc2ccccc2)n1. The Kier molecular flexibility index (Phi) is 6.53. The zero-order valence-corrected chi connectivity index (χ0v) is 19.2. The molecule has 0 spiro atoms. The number of likely N-dealkylation sites (N-methyl/N-ethyl adjacent to an activating group) is 1. The molecule has 0 aliphatic heterocycles. The molecular formula is C25H26ClN5O. The van der Waals surface area contributed by atoms with Crippen molar-refractivity contribution in [2.45, 2.75) is 26.4 Å². The average molecular weight is 448 g/mol. The van der Waals surface area contributed by atoms with Crippen molar-refractivity contribution in [1.29, 1.82) is 0 Å². The van der Waals surface area contributed by atoms with Crippen LogP contribution in [-0.2, 0) is 11.3 Å². The van der Waals surface area contributed by atoms with Crippen molar-refractivity contribution in [3.05, 3.63) is 88.8 Å². The van der Waals surface area contributed by atoms with E-state index in [0.717, 1.165) is 22.6 Å². The number of pyridine rings is 1. The standard InChI is InChI=1S/C25H26ClN5O/c1-17-8-7-11-23(27-17)29-24(32)16-30(3)18(2)25-28-21-14-20(26)12-13-22(21)31(25)15-19-9-5-4-6-10-19/h4-14,18H,15-16H2,1-3H3,(H,27,29,32). The molecule has 1 unspecified atom stereocenters. The van der Waals surface area contributed by atoms with Gasteiger partial charge < -0.3 is 9.88 Å². The van der Waals surface area contributed by atoms with E-state index < -0.39 is 0 Å². The van der Waals surface area contributed by atoms with Crippen LogP contribution in [0.4, 0.5) is 5.82 Å². The van der Waals surface area contributed by atoms with Crippen LogP contribution in [0.15, 0.2) is 66.7 Å². The van der Waals surface area contributed by atoms with E-state index >= 15 is 0 Å². The van der Waals surface area contributed by atoms with Crippen LogP contribution in [-0.4, -0.2) is 38.9 Å². The summed E-state index contributed by atoms with van der Waals surface area (Å²) >= 11 is 6.22. The lowest BCUT2D eigenvalue weighted by molar-refractivity contribution is -0.117. The van der Waals surface area contributed by atoms with Crippen molar-refractivity contribution in [2.75, 3.05) is 18.9 Å². The molecule has 2 heterocycles. The van der Waals surface area contributed by atoms with Crippen LogP contribution in [0.25, 0.3) is 11.0 Å². The maximum Gasteiger partial charge on any atom is 0.239 e. The van der Waals surface area contributed by atoms with Crippen molar-refractivity contribution in [2.24, 2.45) is 0 Å². The molecule has 0 fully saturated rings. The number of aromatic nitrogens is 3. The molecule has 0 aliphatic rings. The second-order valence-electron chi connectivity index (χ2n) is 7.98. The lowest BCUT2D eigenvalue weighted by Crippen LogP contribution is -2.33. The van der Waals surface area contributed by atoms with Gasteiger partial charge in [-0.15, -0.1) is 0 Å². The fourth-order valence-corrected chi connectivity index (χ4v) is 3.89. The summed E-state index contributed by atoms with van der Waals surface area (Å²) in [5.74, 6) is 1.32. The number of carbonyl (C=O) groups excluding carboxylic acids is 1. The molecular weight excluding hydrogens is 422 g/mol. The first-order chi connectivity index (χ1) is 15.4. The fourth-order valence-electron chi connectivity index (χ4n) is 3.73. The third-order valence-corrected chi connectivity index (χ3v) is 5.74. The number of halogens is 1. The van der Waals surface area contributed by atoms with Gasteiger partial charge in [0.2, 0.25) is 5.91 Å². The summed E-state index contributed by atoms with van der Waals surface area (Å²) in [5.41, 5.74) is 3.90. The van der Waals surface area contributed by atoms with Crippen LogP contribution in [0.5, 0.6) is 0 Å². The highest BCUT2D eigenvalue weighted by Crippen LogP contribution is 2.27. The first kappa shape index (κ1) is 22.0. The highest BCUT2D eigenvalue weighted by Gasteiger charge is 2.22. The van der Waals surface area contributed by atoms with E-state index in [0.29, 0.717) is 17.4 Å². The molecule has 2 aromatic heterocycles. The zero-order chi connectivity index (χ0) is 22.7. The van der Waals surface area contributed by atoms with Gasteiger partial charge in [0.25, 0.3) is 0 Å². The summed E-state index contributed by atoms with van der Waals surface area (Å²) in [6.07, 6.45) is 0. The normalized spacial score (nSPS) is 12.3. The molecule has 0 aliphatic carbocycles. The summed E-state index contributed by atoms with van der Waals surface area (Å²) in [4.78, 5) is 23.8. The molecule has 164 valence electrons. The Morgan fingerprint density at radius 2 is 1.88 bits per heavy atom. The summed E-state index contributed by atoms with van der Waals surface area (Å²) in [5, 5.41) is 3.52. The number of amides is 1. The summed E-state index contributed by atoms with van der Waals surface area (Å²) in [6, 6.07) is 21.5. The lowest BCUT2D eigenvalue weighted by Gasteiger charge is -2.24. The molecule has 0 bridgehead atoms. The van der Waals surface area contributed by atoms with E-state index in [1.165, 1.54) is 5.56 Å². The average Bonchev–Trinajstić information content (AvgIpc) is 3.11. The van der Waals surface area contributed by atoms with Gasteiger partial charge in [0.1, 0.15) is 11.6 Å². The topological polar surface area (TPSA) is 63.1 Å². The van der Waals surface area contributed by atoms with Crippen molar-refractivity contribution in [3.8, 4) is 0 Å². The van der Waals surface area contributed by atoms with Crippen LogP contribution in [0.2, 0.25) is 5.02 Å². The number of benzene rings is 2. The summed E-state index contributed by atoms with van der Waals surface area (Å²) in [7, 11) is 1.92. The molecule has 0 radical (unpaired) electrons. The highest BCUT2D eigenvalue weighted by atomic mass is 35.5. The van der Waals surface area contributed by atoms with Gasteiger partial charge in [0.15, 0.2) is 0 Å². The number of rotatable bonds is 7. The molecule has 6 nitrogen and oxygen atoms in total. The summed E-state index contributed by atoms with van der Waals surface area (Å²) in [6.45, 7) is 4.85. The molecule has 1 N–H and O–H groups in total. The fraction of sp³-hybridized carbons (Fsp3) is 0.240. The molecule has 4 aromatic rings. The third kappa shape index (κ3) is 4.98. The number of imidazole rings is 1. The predicted octanol–water partition coefficient (Wildman–Crippen LogP) is 5.07. The molecule has 4 rings (SSSR count). The Bertz CT molecular complexity index is 1240.